The molecule has 0 amide bonds. The van der Waals surface area contributed by atoms with Crippen LogP contribution < -0.4 is 10.2 Å². The number of nitrogens with zero attached hydrogens (tertiary/aromatic N) is 1. The summed E-state index contributed by atoms with van der Waals surface area (Å²) in [4.78, 5) is 2.53. The molecule has 2 nitrogen and oxygen atoms in total. The first-order valence-corrected chi connectivity index (χ1v) is 7.21. The molecule has 0 bridgehead atoms. The molecule has 100 valence electrons. The second-order valence-electron chi connectivity index (χ2n) is 5.63. The number of anilines is 1. The highest BCUT2D eigenvalue weighted by molar-refractivity contribution is 5.48. The zero-order valence-electron chi connectivity index (χ0n) is 12.0. The maximum Gasteiger partial charge on any atom is 0.0368 e. The number of benzene rings is 1. The third-order valence-electron chi connectivity index (χ3n) is 4.36. The average Bonchev–Trinajstić information content (AvgIpc) is 2.85. The van der Waals surface area contributed by atoms with E-state index in [1.165, 1.54) is 43.7 Å². The van der Waals surface area contributed by atoms with Crippen LogP contribution in [0, 0.1) is 12.3 Å². The van der Waals surface area contributed by atoms with E-state index < -0.39 is 0 Å². The van der Waals surface area contributed by atoms with Gasteiger partial charge in [0.05, 0.1) is 0 Å². The molecule has 0 spiro atoms. The fraction of sp³-hybridized carbons (Fsp3) is 0.625. The molecule has 0 radical (unpaired) electrons. The fourth-order valence-corrected chi connectivity index (χ4v) is 2.96. The first-order valence-electron chi connectivity index (χ1n) is 7.21. The van der Waals surface area contributed by atoms with Crippen LogP contribution in [0.25, 0.3) is 0 Å². The molecular formula is C16H26N2. The van der Waals surface area contributed by atoms with Crippen LogP contribution in [0.15, 0.2) is 24.3 Å². The topological polar surface area (TPSA) is 15.3 Å². The van der Waals surface area contributed by atoms with Gasteiger partial charge in [-0.1, -0.05) is 19.1 Å². The average molecular weight is 246 g/mol. The van der Waals surface area contributed by atoms with Crippen molar-refractivity contribution in [3.8, 4) is 0 Å². The lowest BCUT2D eigenvalue weighted by molar-refractivity contribution is 0.313. The summed E-state index contributed by atoms with van der Waals surface area (Å²) in [6.07, 6.45) is 2.58. The van der Waals surface area contributed by atoms with E-state index in [4.69, 9.17) is 0 Å². The summed E-state index contributed by atoms with van der Waals surface area (Å²) in [6, 6.07) is 8.88. The molecule has 1 heterocycles. The van der Waals surface area contributed by atoms with E-state index in [2.05, 4.69) is 55.3 Å². The van der Waals surface area contributed by atoms with E-state index in [9.17, 15) is 0 Å². The van der Waals surface area contributed by atoms with Gasteiger partial charge in [0.25, 0.3) is 0 Å². The minimum atomic E-state index is 0.472. The first kappa shape index (κ1) is 13.4. The molecule has 0 aromatic heterocycles. The molecule has 1 N–H and O–H groups in total. The van der Waals surface area contributed by atoms with Crippen molar-refractivity contribution in [2.75, 3.05) is 31.1 Å². The quantitative estimate of drug-likeness (QED) is 0.858. The molecule has 1 saturated heterocycles. The zero-order chi connectivity index (χ0) is 13.0. The summed E-state index contributed by atoms with van der Waals surface area (Å²) >= 11 is 0. The zero-order valence-corrected chi connectivity index (χ0v) is 12.0. The minimum absolute atomic E-state index is 0.472. The SMILES string of the molecule is CCN(CC1(CC)CCNC1)c1cccc(C)c1. The number of nitrogens with one attached hydrogen (secondary N) is 1. The van der Waals surface area contributed by atoms with E-state index in [0.29, 0.717) is 5.41 Å². The van der Waals surface area contributed by atoms with Gasteiger partial charge in [-0.15, -0.1) is 0 Å². The Morgan fingerprint density at radius 1 is 1.33 bits per heavy atom. The van der Waals surface area contributed by atoms with Crippen LogP contribution in [0.4, 0.5) is 5.69 Å². The van der Waals surface area contributed by atoms with Gasteiger partial charge in [0, 0.05) is 30.7 Å². The highest BCUT2D eigenvalue weighted by atomic mass is 15.1. The predicted molar refractivity (Wildman–Crippen MR) is 79.3 cm³/mol. The maximum absolute atomic E-state index is 3.53. The Kier molecular flexibility index (Phi) is 4.28. The highest BCUT2D eigenvalue weighted by Gasteiger charge is 2.33. The lowest BCUT2D eigenvalue weighted by Crippen LogP contribution is -2.39. The Balaban J connectivity index is 2.14. The van der Waals surface area contributed by atoms with Crippen molar-refractivity contribution in [2.24, 2.45) is 5.41 Å². The molecule has 1 aliphatic heterocycles. The lowest BCUT2D eigenvalue weighted by atomic mass is 9.83. The van der Waals surface area contributed by atoms with Gasteiger partial charge in [-0.05, 0) is 50.9 Å². The highest BCUT2D eigenvalue weighted by Crippen LogP contribution is 2.32. The molecule has 2 heteroatoms. The number of hydrogen-bond donors (Lipinski definition) is 1. The van der Waals surface area contributed by atoms with Crippen LogP contribution in [-0.2, 0) is 0 Å². The van der Waals surface area contributed by atoms with Gasteiger partial charge in [-0.3, -0.25) is 0 Å². The van der Waals surface area contributed by atoms with Gasteiger partial charge >= 0.3 is 0 Å². The van der Waals surface area contributed by atoms with Gasteiger partial charge < -0.3 is 10.2 Å². The number of hydrogen-bond acceptors (Lipinski definition) is 2. The third kappa shape index (κ3) is 2.86. The van der Waals surface area contributed by atoms with E-state index in [0.717, 1.165) is 6.54 Å². The van der Waals surface area contributed by atoms with Crippen LogP contribution in [0.3, 0.4) is 0 Å². The van der Waals surface area contributed by atoms with Gasteiger partial charge in [-0.25, -0.2) is 0 Å². The van der Waals surface area contributed by atoms with E-state index in [1.807, 2.05) is 0 Å². The molecule has 2 rings (SSSR count). The first-order chi connectivity index (χ1) is 8.69. The summed E-state index contributed by atoms with van der Waals surface area (Å²) in [7, 11) is 0. The van der Waals surface area contributed by atoms with Gasteiger partial charge in [-0.2, -0.15) is 0 Å². The molecule has 1 unspecified atom stereocenters. The molecule has 1 aromatic carbocycles. The molecule has 18 heavy (non-hydrogen) atoms. The minimum Gasteiger partial charge on any atom is -0.371 e. The Morgan fingerprint density at radius 2 is 2.17 bits per heavy atom. The molecule has 1 aliphatic rings. The smallest absolute Gasteiger partial charge is 0.0368 e. The maximum atomic E-state index is 3.53. The predicted octanol–water partition coefficient (Wildman–Crippen LogP) is 3.21. The van der Waals surface area contributed by atoms with Crippen LogP contribution in [-0.4, -0.2) is 26.2 Å². The van der Waals surface area contributed by atoms with Gasteiger partial charge in [0.2, 0.25) is 0 Å². The summed E-state index contributed by atoms with van der Waals surface area (Å²) in [5.74, 6) is 0. The van der Waals surface area contributed by atoms with Gasteiger partial charge in [0.1, 0.15) is 0 Å². The molecular weight excluding hydrogens is 220 g/mol. The third-order valence-corrected chi connectivity index (χ3v) is 4.36. The van der Waals surface area contributed by atoms with E-state index in [1.54, 1.807) is 0 Å². The van der Waals surface area contributed by atoms with Crippen LogP contribution in [0.2, 0.25) is 0 Å². The summed E-state index contributed by atoms with van der Waals surface area (Å²) in [5.41, 5.74) is 3.19. The second kappa shape index (κ2) is 5.75. The van der Waals surface area contributed by atoms with Crippen LogP contribution in [0.5, 0.6) is 0 Å². The molecule has 0 saturated carbocycles. The van der Waals surface area contributed by atoms with Crippen molar-refractivity contribution >= 4 is 5.69 Å². The van der Waals surface area contributed by atoms with Crippen molar-refractivity contribution in [1.29, 1.82) is 0 Å². The molecule has 0 aliphatic carbocycles. The normalized spacial score (nSPS) is 23.3. The fourth-order valence-electron chi connectivity index (χ4n) is 2.96. The molecule has 1 atom stereocenters. The Labute approximate surface area is 111 Å². The summed E-state index contributed by atoms with van der Waals surface area (Å²) in [6.45, 7) is 11.4. The van der Waals surface area contributed by atoms with E-state index in [-0.39, 0.29) is 0 Å². The number of aryl methyl sites for hydroxylation is 1. The Hall–Kier alpha value is -1.02. The monoisotopic (exact) mass is 246 g/mol. The van der Waals surface area contributed by atoms with Crippen molar-refractivity contribution in [3.05, 3.63) is 29.8 Å². The lowest BCUT2D eigenvalue weighted by Gasteiger charge is -2.35. The van der Waals surface area contributed by atoms with Crippen molar-refractivity contribution in [3.63, 3.8) is 0 Å². The summed E-state index contributed by atoms with van der Waals surface area (Å²) in [5, 5.41) is 3.53. The Morgan fingerprint density at radius 3 is 2.72 bits per heavy atom. The van der Waals surface area contributed by atoms with Crippen LogP contribution in [0.1, 0.15) is 32.3 Å². The largest absolute Gasteiger partial charge is 0.371 e. The van der Waals surface area contributed by atoms with E-state index >= 15 is 0 Å². The van der Waals surface area contributed by atoms with Crippen molar-refractivity contribution in [2.45, 2.75) is 33.6 Å². The van der Waals surface area contributed by atoms with Crippen molar-refractivity contribution < 1.29 is 0 Å². The summed E-state index contributed by atoms with van der Waals surface area (Å²) < 4.78 is 0. The number of rotatable bonds is 5. The van der Waals surface area contributed by atoms with Crippen LogP contribution >= 0.6 is 0 Å². The molecule has 1 fully saturated rings. The Bertz CT molecular complexity index is 380. The standard InChI is InChI=1S/C16H26N2/c1-4-16(9-10-17-12-16)13-18(5-2)15-8-6-7-14(3)11-15/h6-8,11,17H,4-5,9-10,12-13H2,1-3H3. The van der Waals surface area contributed by atoms with Gasteiger partial charge in [0.15, 0.2) is 0 Å². The van der Waals surface area contributed by atoms with Crippen molar-refractivity contribution in [1.82, 2.24) is 5.32 Å². The second-order valence-corrected chi connectivity index (χ2v) is 5.63. The molecule has 1 aromatic rings.